The monoisotopic (exact) mass is 243 g/mol. The Morgan fingerprint density at radius 3 is 2.69 bits per heavy atom. The average Bonchev–Trinajstić information content (AvgIpc) is 2.32. The first-order valence-corrected chi connectivity index (χ1v) is 6.76. The van der Waals surface area contributed by atoms with Gasteiger partial charge in [-0.3, -0.25) is 14.5 Å². The van der Waals surface area contributed by atoms with Gasteiger partial charge in [0.2, 0.25) is 11.8 Å². The second kappa shape index (κ2) is 5.54. The lowest BCUT2D eigenvalue weighted by molar-refractivity contribution is -0.140. The molecule has 0 aliphatic carbocycles. The van der Waals surface area contributed by atoms with Crippen molar-refractivity contribution >= 4 is 23.6 Å². The molecule has 5 nitrogen and oxygen atoms in total. The van der Waals surface area contributed by atoms with Crippen LogP contribution >= 0.6 is 11.8 Å². The molecular weight excluding hydrogens is 226 g/mol. The fraction of sp³-hybridized carbons (Fsp3) is 0.800. The molecule has 1 N–H and O–H groups in total. The molecule has 0 bridgehead atoms. The van der Waals surface area contributed by atoms with Gasteiger partial charge >= 0.3 is 0 Å². The van der Waals surface area contributed by atoms with Crippen molar-refractivity contribution in [3.05, 3.63) is 0 Å². The van der Waals surface area contributed by atoms with E-state index in [0.29, 0.717) is 6.54 Å². The number of nitrogens with one attached hydrogen (secondary N) is 1. The zero-order valence-electron chi connectivity index (χ0n) is 9.28. The Morgan fingerprint density at radius 2 is 1.94 bits per heavy atom. The van der Waals surface area contributed by atoms with Crippen molar-refractivity contribution in [2.45, 2.75) is 0 Å². The summed E-state index contributed by atoms with van der Waals surface area (Å²) in [5, 5.41) is 2.55. The van der Waals surface area contributed by atoms with Crippen LogP contribution in [-0.2, 0) is 9.59 Å². The number of carbonyl (C=O) groups excluding carboxylic acids is 2. The zero-order chi connectivity index (χ0) is 11.4. The SMILES string of the molecule is O=C1CN(CCN2CCSCC2)C(=O)CN1. The van der Waals surface area contributed by atoms with Gasteiger partial charge in [-0.25, -0.2) is 0 Å². The number of carbonyl (C=O) groups is 2. The molecule has 2 amide bonds. The highest BCUT2D eigenvalue weighted by Crippen LogP contribution is 2.08. The van der Waals surface area contributed by atoms with Crippen molar-refractivity contribution in [1.29, 1.82) is 0 Å². The molecule has 2 rings (SSSR count). The van der Waals surface area contributed by atoms with Gasteiger partial charge in [0.15, 0.2) is 0 Å². The number of nitrogens with zero attached hydrogens (tertiary/aromatic N) is 2. The molecule has 0 saturated carbocycles. The van der Waals surface area contributed by atoms with E-state index in [0.717, 1.165) is 19.6 Å². The van der Waals surface area contributed by atoms with Gasteiger partial charge in [0.25, 0.3) is 0 Å². The molecule has 6 heteroatoms. The van der Waals surface area contributed by atoms with E-state index >= 15 is 0 Å². The first kappa shape index (κ1) is 11.7. The van der Waals surface area contributed by atoms with Crippen molar-refractivity contribution in [3.63, 3.8) is 0 Å². The predicted molar refractivity (Wildman–Crippen MR) is 63.4 cm³/mol. The van der Waals surface area contributed by atoms with Crippen LogP contribution in [0.1, 0.15) is 0 Å². The van der Waals surface area contributed by atoms with Crippen LogP contribution in [0.4, 0.5) is 0 Å². The van der Waals surface area contributed by atoms with Crippen LogP contribution in [0.3, 0.4) is 0 Å². The molecule has 0 aromatic heterocycles. The summed E-state index contributed by atoms with van der Waals surface area (Å²) in [5.41, 5.74) is 0. The van der Waals surface area contributed by atoms with E-state index in [1.165, 1.54) is 11.5 Å². The van der Waals surface area contributed by atoms with Gasteiger partial charge in [-0.05, 0) is 0 Å². The highest BCUT2D eigenvalue weighted by molar-refractivity contribution is 7.99. The molecule has 2 heterocycles. The summed E-state index contributed by atoms with van der Waals surface area (Å²) in [7, 11) is 0. The van der Waals surface area contributed by atoms with Crippen LogP contribution in [0.2, 0.25) is 0 Å². The lowest BCUT2D eigenvalue weighted by Gasteiger charge is -2.31. The van der Waals surface area contributed by atoms with E-state index in [2.05, 4.69) is 10.2 Å². The normalized spacial score (nSPS) is 23.4. The van der Waals surface area contributed by atoms with Gasteiger partial charge in [-0.15, -0.1) is 0 Å². The maximum absolute atomic E-state index is 11.5. The molecule has 16 heavy (non-hydrogen) atoms. The van der Waals surface area contributed by atoms with Crippen LogP contribution in [0.15, 0.2) is 0 Å². The Bertz CT molecular complexity index is 279. The Morgan fingerprint density at radius 1 is 1.19 bits per heavy atom. The molecule has 2 fully saturated rings. The third-order valence-corrected chi connectivity index (χ3v) is 3.86. The van der Waals surface area contributed by atoms with Gasteiger partial charge in [-0.2, -0.15) is 11.8 Å². The Kier molecular flexibility index (Phi) is 4.06. The fourth-order valence-electron chi connectivity index (χ4n) is 1.89. The summed E-state index contributed by atoms with van der Waals surface area (Å²) in [6, 6.07) is 0. The van der Waals surface area contributed by atoms with E-state index in [-0.39, 0.29) is 24.9 Å². The molecule has 2 aliphatic heterocycles. The lowest BCUT2D eigenvalue weighted by Crippen LogP contribution is -2.53. The summed E-state index contributed by atoms with van der Waals surface area (Å²) in [6.07, 6.45) is 0. The van der Waals surface area contributed by atoms with Gasteiger partial charge in [0.05, 0.1) is 13.1 Å². The molecule has 0 aromatic rings. The van der Waals surface area contributed by atoms with Crippen LogP contribution in [-0.4, -0.2) is 72.4 Å². The maximum Gasteiger partial charge on any atom is 0.242 e. The topological polar surface area (TPSA) is 52.7 Å². The van der Waals surface area contributed by atoms with Gasteiger partial charge < -0.3 is 10.2 Å². The molecule has 0 atom stereocenters. The smallest absolute Gasteiger partial charge is 0.242 e. The molecule has 0 radical (unpaired) electrons. The van der Waals surface area contributed by atoms with E-state index in [1.54, 1.807) is 4.90 Å². The van der Waals surface area contributed by atoms with Crippen molar-refractivity contribution in [1.82, 2.24) is 15.1 Å². The van der Waals surface area contributed by atoms with E-state index in [1.807, 2.05) is 11.8 Å². The first-order valence-electron chi connectivity index (χ1n) is 5.60. The second-order valence-corrected chi connectivity index (χ2v) is 5.27. The Hall–Kier alpha value is -0.750. The minimum Gasteiger partial charge on any atom is -0.345 e. The minimum absolute atomic E-state index is 0.0333. The predicted octanol–water partition coefficient (Wildman–Crippen LogP) is -1.01. The standard InChI is InChI=1S/C10H17N3O2S/c14-9-8-13(10(15)7-11-9)2-1-12-3-5-16-6-4-12/h1-8H2,(H,11,14). The van der Waals surface area contributed by atoms with Crippen molar-refractivity contribution < 1.29 is 9.59 Å². The highest BCUT2D eigenvalue weighted by atomic mass is 32.2. The van der Waals surface area contributed by atoms with Gasteiger partial charge in [0.1, 0.15) is 0 Å². The van der Waals surface area contributed by atoms with Crippen LogP contribution in [0, 0.1) is 0 Å². The molecule has 0 unspecified atom stereocenters. The highest BCUT2D eigenvalue weighted by Gasteiger charge is 2.23. The van der Waals surface area contributed by atoms with Crippen LogP contribution in [0.25, 0.3) is 0 Å². The molecular formula is C10H17N3O2S. The number of piperazine rings is 1. The van der Waals surface area contributed by atoms with Crippen molar-refractivity contribution in [2.75, 3.05) is 50.8 Å². The number of hydrogen-bond donors (Lipinski definition) is 1. The Labute approximate surface area is 99.5 Å². The van der Waals surface area contributed by atoms with Crippen molar-refractivity contribution in [3.8, 4) is 0 Å². The quantitative estimate of drug-likeness (QED) is 0.690. The third kappa shape index (κ3) is 3.12. The van der Waals surface area contributed by atoms with Crippen LogP contribution in [0.5, 0.6) is 0 Å². The van der Waals surface area contributed by atoms with E-state index in [9.17, 15) is 9.59 Å². The lowest BCUT2D eigenvalue weighted by atomic mass is 10.3. The molecule has 90 valence electrons. The first-order chi connectivity index (χ1) is 7.75. The zero-order valence-corrected chi connectivity index (χ0v) is 10.1. The summed E-state index contributed by atoms with van der Waals surface area (Å²) in [6.45, 7) is 4.14. The summed E-state index contributed by atoms with van der Waals surface area (Å²) >= 11 is 1.97. The summed E-state index contributed by atoms with van der Waals surface area (Å²) in [4.78, 5) is 26.7. The number of thioether (sulfide) groups is 1. The minimum atomic E-state index is -0.0474. The second-order valence-electron chi connectivity index (χ2n) is 4.05. The molecule has 2 saturated heterocycles. The molecule has 0 spiro atoms. The molecule has 2 aliphatic rings. The largest absolute Gasteiger partial charge is 0.345 e. The van der Waals surface area contributed by atoms with Crippen LogP contribution < -0.4 is 5.32 Å². The maximum atomic E-state index is 11.5. The average molecular weight is 243 g/mol. The van der Waals surface area contributed by atoms with E-state index < -0.39 is 0 Å². The Balaban J connectivity index is 1.75. The summed E-state index contributed by atoms with van der Waals surface area (Å²) in [5.74, 6) is 2.34. The van der Waals surface area contributed by atoms with E-state index in [4.69, 9.17) is 0 Å². The number of amides is 2. The number of rotatable bonds is 3. The fourth-order valence-corrected chi connectivity index (χ4v) is 2.87. The number of hydrogen-bond acceptors (Lipinski definition) is 4. The van der Waals surface area contributed by atoms with Gasteiger partial charge in [-0.1, -0.05) is 0 Å². The summed E-state index contributed by atoms with van der Waals surface area (Å²) < 4.78 is 0. The third-order valence-electron chi connectivity index (χ3n) is 2.91. The van der Waals surface area contributed by atoms with Gasteiger partial charge in [0, 0.05) is 37.7 Å². The van der Waals surface area contributed by atoms with Crippen molar-refractivity contribution in [2.24, 2.45) is 0 Å². The molecule has 0 aromatic carbocycles.